The van der Waals surface area contributed by atoms with Gasteiger partial charge >= 0.3 is 12.1 Å². The first kappa shape index (κ1) is 13.4. The lowest BCUT2D eigenvalue weighted by atomic mass is 10.1. The molecule has 0 aromatic heterocycles. The van der Waals surface area contributed by atoms with Crippen molar-refractivity contribution in [1.82, 2.24) is 0 Å². The van der Waals surface area contributed by atoms with Gasteiger partial charge < -0.3 is 9.84 Å². The Bertz CT molecular complexity index is 498. The van der Waals surface area contributed by atoms with Crippen LogP contribution in [0.1, 0.15) is 35.7 Å². The van der Waals surface area contributed by atoms with E-state index >= 15 is 0 Å². The molecule has 0 bridgehead atoms. The maximum Gasteiger partial charge on any atom is 0.414 e. The van der Waals surface area contributed by atoms with Gasteiger partial charge in [-0.15, -0.1) is 0 Å². The Morgan fingerprint density at radius 2 is 2.21 bits per heavy atom. The van der Waals surface area contributed by atoms with Gasteiger partial charge in [-0.1, -0.05) is 25.5 Å². The van der Waals surface area contributed by atoms with E-state index in [2.05, 4.69) is 0 Å². The van der Waals surface area contributed by atoms with Crippen LogP contribution in [-0.2, 0) is 11.2 Å². The standard InChI is InChI=1S/C14H17NO4/c1-2-3-9-19-14(18)15-8-7-10-5-4-6-11(12(10)15)13(16)17/h4-6H,2-3,7-9H2,1H3,(H,16,17). The predicted molar refractivity (Wildman–Crippen MR) is 70.7 cm³/mol. The lowest BCUT2D eigenvalue weighted by Crippen LogP contribution is -2.31. The molecular formula is C14H17NO4. The third-order valence-electron chi connectivity index (χ3n) is 3.17. The van der Waals surface area contributed by atoms with E-state index in [0.29, 0.717) is 25.3 Å². The monoisotopic (exact) mass is 263 g/mol. The van der Waals surface area contributed by atoms with Crippen LogP contribution in [0.3, 0.4) is 0 Å². The number of carboxylic acids is 1. The fourth-order valence-corrected chi connectivity index (χ4v) is 2.19. The minimum atomic E-state index is -1.02. The van der Waals surface area contributed by atoms with Crippen LogP contribution in [-0.4, -0.2) is 30.3 Å². The van der Waals surface area contributed by atoms with Crippen molar-refractivity contribution >= 4 is 17.7 Å². The average molecular weight is 263 g/mol. The quantitative estimate of drug-likeness (QED) is 0.848. The molecule has 0 fully saturated rings. The number of hydrogen-bond donors (Lipinski definition) is 1. The first-order valence-electron chi connectivity index (χ1n) is 6.44. The van der Waals surface area contributed by atoms with Gasteiger partial charge in [0.25, 0.3) is 0 Å². The molecule has 1 amide bonds. The van der Waals surface area contributed by atoms with Crippen LogP contribution in [0.25, 0.3) is 0 Å². The topological polar surface area (TPSA) is 66.8 Å². The Morgan fingerprint density at radius 3 is 2.89 bits per heavy atom. The SMILES string of the molecule is CCCCOC(=O)N1CCc2cccc(C(=O)O)c21. The average Bonchev–Trinajstić information content (AvgIpc) is 2.82. The summed E-state index contributed by atoms with van der Waals surface area (Å²) >= 11 is 0. The Morgan fingerprint density at radius 1 is 1.42 bits per heavy atom. The number of carbonyl (C=O) groups is 2. The van der Waals surface area contributed by atoms with Gasteiger partial charge in [0.2, 0.25) is 0 Å². The number of benzene rings is 1. The molecule has 5 heteroatoms. The van der Waals surface area contributed by atoms with Gasteiger partial charge in [0, 0.05) is 6.54 Å². The molecule has 2 rings (SSSR count). The molecule has 0 saturated heterocycles. The number of aromatic carboxylic acids is 1. The summed E-state index contributed by atoms with van der Waals surface area (Å²) in [6.07, 6.45) is 1.97. The van der Waals surface area contributed by atoms with Crippen LogP contribution in [0.5, 0.6) is 0 Å². The second kappa shape index (κ2) is 5.73. The summed E-state index contributed by atoms with van der Waals surface area (Å²) in [5, 5.41) is 9.18. The Balaban J connectivity index is 2.20. The zero-order chi connectivity index (χ0) is 13.8. The van der Waals surface area contributed by atoms with Crippen LogP contribution in [0.4, 0.5) is 10.5 Å². The maximum atomic E-state index is 12.0. The number of carboxylic acid groups (broad SMARTS) is 1. The number of unbranched alkanes of at least 4 members (excludes halogenated alkanes) is 1. The van der Waals surface area contributed by atoms with Crippen molar-refractivity contribution in [1.29, 1.82) is 0 Å². The van der Waals surface area contributed by atoms with E-state index in [-0.39, 0.29) is 5.56 Å². The fraction of sp³-hybridized carbons (Fsp3) is 0.429. The first-order chi connectivity index (χ1) is 9.15. The molecule has 1 aromatic rings. The largest absolute Gasteiger partial charge is 0.478 e. The van der Waals surface area contributed by atoms with E-state index in [1.54, 1.807) is 6.07 Å². The molecule has 0 saturated carbocycles. The molecule has 1 aliphatic rings. The smallest absolute Gasteiger partial charge is 0.414 e. The lowest BCUT2D eigenvalue weighted by molar-refractivity contribution is 0.0697. The van der Waals surface area contributed by atoms with Gasteiger partial charge in [0.15, 0.2) is 0 Å². The highest BCUT2D eigenvalue weighted by Crippen LogP contribution is 2.32. The van der Waals surface area contributed by atoms with Crippen LogP contribution < -0.4 is 4.90 Å². The van der Waals surface area contributed by atoms with Crippen molar-refractivity contribution in [3.8, 4) is 0 Å². The van der Waals surface area contributed by atoms with Gasteiger partial charge in [0.05, 0.1) is 17.9 Å². The summed E-state index contributed by atoms with van der Waals surface area (Å²) in [5.74, 6) is -1.02. The minimum absolute atomic E-state index is 0.155. The molecule has 5 nitrogen and oxygen atoms in total. The van der Waals surface area contributed by atoms with Crippen molar-refractivity contribution in [2.24, 2.45) is 0 Å². The molecule has 0 aliphatic carbocycles. The molecule has 0 radical (unpaired) electrons. The normalized spacial score (nSPS) is 13.2. The van der Waals surface area contributed by atoms with Crippen molar-refractivity contribution < 1.29 is 19.4 Å². The molecule has 1 aromatic carbocycles. The number of rotatable bonds is 4. The number of anilines is 1. The highest BCUT2D eigenvalue weighted by Gasteiger charge is 2.30. The number of ether oxygens (including phenoxy) is 1. The number of para-hydroxylation sites is 1. The molecule has 1 N–H and O–H groups in total. The molecule has 1 aliphatic heterocycles. The minimum Gasteiger partial charge on any atom is -0.478 e. The first-order valence-corrected chi connectivity index (χ1v) is 6.44. The number of hydrogen-bond acceptors (Lipinski definition) is 3. The van der Waals surface area contributed by atoms with Gasteiger partial charge in [-0.3, -0.25) is 4.90 Å². The summed E-state index contributed by atoms with van der Waals surface area (Å²) in [6.45, 7) is 2.86. The Labute approximate surface area is 111 Å². The third-order valence-corrected chi connectivity index (χ3v) is 3.17. The van der Waals surface area contributed by atoms with Crippen molar-refractivity contribution in [3.63, 3.8) is 0 Å². The highest BCUT2D eigenvalue weighted by molar-refractivity contribution is 6.02. The summed E-state index contributed by atoms with van der Waals surface area (Å²) in [6, 6.07) is 5.06. The maximum absolute atomic E-state index is 12.0. The molecular weight excluding hydrogens is 246 g/mol. The summed E-state index contributed by atoms with van der Waals surface area (Å²) in [4.78, 5) is 24.6. The number of amides is 1. The fourth-order valence-electron chi connectivity index (χ4n) is 2.19. The molecule has 0 unspecified atom stereocenters. The van der Waals surface area contributed by atoms with Crippen LogP contribution in [0.2, 0.25) is 0 Å². The zero-order valence-corrected chi connectivity index (χ0v) is 10.9. The van der Waals surface area contributed by atoms with E-state index in [1.807, 2.05) is 13.0 Å². The van der Waals surface area contributed by atoms with E-state index in [4.69, 9.17) is 4.74 Å². The summed E-state index contributed by atoms with van der Waals surface area (Å²) in [7, 11) is 0. The van der Waals surface area contributed by atoms with Gasteiger partial charge in [-0.05, 0) is 24.5 Å². The second-order valence-electron chi connectivity index (χ2n) is 4.49. The predicted octanol–water partition coefficient (Wildman–Crippen LogP) is 2.68. The van der Waals surface area contributed by atoms with Crippen molar-refractivity contribution in [2.45, 2.75) is 26.2 Å². The number of carbonyl (C=O) groups excluding carboxylic acids is 1. The van der Waals surface area contributed by atoms with E-state index in [9.17, 15) is 14.7 Å². The van der Waals surface area contributed by atoms with Gasteiger partial charge in [-0.25, -0.2) is 9.59 Å². The van der Waals surface area contributed by atoms with Gasteiger partial charge in [-0.2, -0.15) is 0 Å². The van der Waals surface area contributed by atoms with Crippen LogP contribution in [0.15, 0.2) is 18.2 Å². The summed E-state index contributed by atoms with van der Waals surface area (Å²) < 4.78 is 5.15. The number of fused-ring (bicyclic) bond motifs is 1. The molecule has 102 valence electrons. The van der Waals surface area contributed by atoms with Crippen molar-refractivity contribution in [3.05, 3.63) is 29.3 Å². The lowest BCUT2D eigenvalue weighted by Gasteiger charge is -2.18. The molecule has 0 spiro atoms. The van der Waals surface area contributed by atoms with E-state index in [0.717, 1.165) is 18.4 Å². The van der Waals surface area contributed by atoms with E-state index in [1.165, 1.54) is 11.0 Å². The summed E-state index contributed by atoms with van der Waals surface area (Å²) in [5.41, 5.74) is 1.52. The molecule has 19 heavy (non-hydrogen) atoms. The van der Waals surface area contributed by atoms with E-state index < -0.39 is 12.1 Å². The van der Waals surface area contributed by atoms with Crippen LogP contribution >= 0.6 is 0 Å². The molecule has 1 heterocycles. The molecule has 0 atom stereocenters. The van der Waals surface area contributed by atoms with Crippen molar-refractivity contribution in [2.75, 3.05) is 18.1 Å². The third kappa shape index (κ3) is 2.70. The highest BCUT2D eigenvalue weighted by atomic mass is 16.6. The van der Waals surface area contributed by atoms with Gasteiger partial charge in [0.1, 0.15) is 0 Å². The Hall–Kier alpha value is -2.04. The number of nitrogens with zero attached hydrogens (tertiary/aromatic N) is 1. The second-order valence-corrected chi connectivity index (χ2v) is 4.49. The Kier molecular flexibility index (Phi) is 4.04. The van der Waals surface area contributed by atoms with Crippen LogP contribution in [0, 0.1) is 0 Å². The zero-order valence-electron chi connectivity index (χ0n) is 10.9.